The quantitative estimate of drug-likeness (QED) is 0.337. The summed E-state index contributed by atoms with van der Waals surface area (Å²) in [5.74, 6) is 4.49. The zero-order chi connectivity index (χ0) is 10.0. The first-order valence-electron chi connectivity index (χ1n) is 4.36. The van der Waals surface area contributed by atoms with E-state index in [1.165, 1.54) is 0 Å². The number of amides is 2. The number of carbonyl (C=O) groups excluding carboxylic acids is 2. The summed E-state index contributed by atoms with van der Waals surface area (Å²) in [6.45, 7) is 4.35. The highest BCUT2D eigenvalue weighted by molar-refractivity contribution is 5.89. The van der Waals surface area contributed by atoms with Gasteiger partial charge in [-0.1, -0.05) is 0 Å². The Kier molecular flexibility index (Phi) is 2.87. The van der Waals surface area contributed by atoms with Gasteiger partial charge in [-0.3, -0.25) is 15.0 Å². The molecule has 74 valence electrons. The van der Waals surface area contributed by atoms with Crippen molar-refractivity contribution in [3.63, 3.8) is 0 Å². The second-order valence-electron chi connectivity index (χ2n) is 3.55. The lowest BCUT2D eigenvalue weighted by molar-refractivity contribution is -0.129. The van der Waals surface area contributed by atoms with E-state index in [1.807, 2.05) is 13.8 Å². The Labute approximate surface area is 77.2 Å². The summed E-state index contributed by atoms with van der Waals surface area (Å²) in [4.78, 5) is 24.2. The lowest BCUT2D eigenvalue weighted by Gasteiger charge is -2.20. The fraction of sp³-hybridized carbons (Fsp3) is 0.750. The summed E-state index contributed by atoms with van der Waals surface area (Å²) in [5.41, 5.74) is 2.07. The highest BCUT2D eigenvalue weighted by Crippen LogP contribution is 2.19. The van der Waals surface area contributed by atoms with Crippen LogP contribution in [0.1, 0.15) is 20.3 Å². The third kappa shape index (κ3) is 1.98. The SMILES string of the molecule is CC(C)N1CC(C(=O)NN)CC1=O. The number of nitrogens with one attached hydrogen (secondary N) is 1. The highest BCUT2D eigenvalue weighted by atomic mass is 16.2. The first kappa shape index (κ1) is 9.98. The van der Waals surface area contributed by atoms with Gasteiger partial charge in [0.2, 0.25) is 11.8 Å². The standard InChI is InChI=1S/C8H15N3O2/c1-5(2)11-4-6(3-7(11)12)8(13)10-9/h5-6H,3-4,9H2,1-2H3,(H,10,13). The van der Waals surface area contributed by atoms with Gasteiger partial charge < -0.3 is 4.90 Å². The molecule has 1 fully saturated rings. The van der Waals surface area contributed by atoms with Gasteiger partial charge in [-0.15, -0.1) is 0 Å². The fourth-order valence-electron chi connectivity index (χ4n) is 1.52. The first-order chi connectivity index (χ1) is 6.06. The molecule has 0 saturated carbocycles. The van der Waals surface area contributed by atoms with Crippen LogP contribution in [0, 0.1) is 5.92 Å². The molecule has 0 aromatic carbocycles. The van der Waals surface area contributed by atoms with E-state index in [0.29, 0.717) is 6.54 Å². The largest absolute Gasteiger partial charge is 0.339 e. The smallest absolute Gasteiger partial charge is 0.239 e. The van der Waals surface area contributed by atoms with Crippen LogP contribution in [0.5, 0.6) is 0 Å². The molecule has 0 aliphatic carbocycles. The predicted octanol–water partition coefficient (Wildman–Crippen LogP) is -0.767. The molecule has 1 aliphatic heterocycles. The third-order valence-electron chi connectivity index (χ3n) is 2.29. The van der Waals surface area contributed by atoms with Crippen LogP contribution in [0.2, 0.25) is 0 Å². The summed E-state index contributed by atoms with van der Waals surface area (Å²) < 4.78 is 0. The third-order valence-corrected chi connectivity index (χ3v) is 2.29. The molecule has 5 nitrogen and oxygen atoms in total. The minimum Gasteiger partial charge on any atom is -0.339 e. The number of hydrogen-bond acceptors (Lipinski definition) is 3. The Morgan fingerprint density at radius 2 is 2.31 bits per heavy atom. The maximum atomic E-state index is 11.4. The lowest BCUT2D eigenvalue weighted by atomic mass is 10.1. The van der Waals surface area contributed by atoms with Crippen molar-refractivity contribution in [3.8, 4) is 0 Å². The van der Waals surface area contributed by atoms with Gasteiger partial charge in [0.25, 0.3) is 0 Å². The van der Waals surface area contributed by atoms with Crippen LogP contribution < -0.4 is 11.3 Å². The van der Waals surface area contributed by atoms with Crippen LogP contribution in [-0.4, -0.2) is 29.3 Å². The summed E-state index contributed by atoms with van der Waals surface area (Å²) in [5, 5.41) is 0. The molecular formula is C8H15N3O2. The van der Waals surface area contributed by atoms with E-state index >= 15 is 0 Å². The topological polar surface area (TPSA) is 75.4 Å². The second kappa shape index (κ2) is 3.74. The minimum atomic E-state index is -0.278. The van der Waals surface area contributed by atoms with Crippen molar-refractivity contribution in [1.82, 2.24) is 10.3 Å². The number of nitrogens with zero attached hydrogens (tertiary/aromatic N) is 1. The van der Waals surface area contributed by atoms with Crippen molar-refractivity contribution in [3.05, 3.63) is 0 Å². The van der Waals surface area contributed by atoms with Crippen LogP contribution in [0.3, 0.4) is 0 Å². The van der Waals surface area contributed by atoms with Crippen molar-refractivity contribution in [2.75, 3.05) is 6.54 Å². The molecule has 0 aromatic rings. The second-order valence-corrected chi connectivity index (χ2v) is 3.55. The van der Waals surface area contributed by atoms with E-state index < -0.39 is 0 Å². The molecule has 13 heavy (non-hydrogen) atoms. The lowest BCUT2D eigenvalue weighted by Crippen LogP contribution is -2.38. The van der Waals surface area contributed by atoms with Crippen LogP contribution in [0.15, 0.2) is 0 Å². The number of likely N-dealkylation sites (tertiary alicyclic amines) is 1. The van der Waals surface area contributed by atoms with E-state index in [1.54, 1.807) is 4.90 Å². The molecule has 0 aromatic heterocycles. The van der Waals surface area contributed by atoms with Crippen molar-refractivity contribution >= 4 is 11.8 Å². The normalized spacial score (nSPS) is 22.6. The van der Waals surface area contributed by atoms with Gasteiger partial charge in [0.15, 0.2) is 0 Å². The first-order valence-corrected chi connectivity index (χ1v) is 4.36. The molecular weight excluding hydrogens is 170 g/mol. The van der Waals surface area contributed by atoms with Gasteiger partial charge in [-0.25, -0.2) is 5.84 Å². The van der Waals surface area contributed by atoms with E-state index in [9.17, 15) is 9.59 Å². The Bertz CT molecular complexity index is 227. The summed E-state index contributed by atoms with van der Waals surface area (Å²) >= 11 is 0. The Morgan fingerprint density at radius 1 is 1.69 bits per heavy atom. The average molecular weight is 185 g/mol. The molecule has 1 aliphatic rings. The van der Waals surface area contributed by atoms with Crippen LogP contribution >= 0.6 is 0 Å². The van der Waals surface area contributed by atoms with Crippen molar-refractivity contribution in [2.45, 2.75) is 26.3 Å². The monoisotopic (exact) mass is 185 g/mol. The Morgan fingerprint density at radius 3 is 2.69 bits per heavy atom. The molecule has 1 atom stereocenters. The molecule has 2 amide bonds. The molecule has 5 heteroatoms. The summed E-state index contributed by atoms with van der Waals surface area (Å²) in [6.07, 6.45) is 0.279. The Hall–Kier alpha value is -1.10. The minimum absolute atomic E-state index is 0.0311. The molecule has 1 unspecified atom stereocenters. The van der Waals surface area contributed by atoms with E-state index in [-0.39, 0.29) is 30.2 Å². The number of hydrogen-bond donors (Lipinski definition) is 2. The zero-order valence-electron chi connectivity index (χ0n) is 7.91. The highest BCUT2D eigenvalue weighted by Gasteiger charge is 2.34. The molecule has 1 saturated heterocycles. The number of hydrazine groups is 1. The molecule has 0 radical (unpaired) electrons. The summed E-state index contributed by atoms with van der Waals surface area (Å²) in [6, 6.07) is 0.156. The fourth-order valence-corrected chi connectivity index (χ4v) is 1.52. The predicted molar refractivity (Wildman–Crippen MR) is 47.3 cm³/mol. The number of carbonyl (C=O) groups is 2. The average Bonchev–Trinajstić information content (AvgIpc) is 2.46. The van der Waals surface area contributed by atoms with Gasteiger partial charge in [0, 0.05) is 19.0 Å². The molecule has 1 heterocycles. The zero-order valence-corrected chi connectivity index (χ0v) is 7.91. The van der Waals surface area contributed by atoms with Gasteiger partial charge in [-0.05, 0) is 13.8 Å². The molecule has 0 bridgehead atoms. The van der Waals surface area contributed by atoms with Crippen LogP contribution in [0.25, 0.3) is 0 Å². The number of nitrogens with two attached hydrogens (primary N) is 1. The maximum absolute atomic E-state index is 11.4. The number of rotatable bonds is 2. The van der Waals surface area contributed by atoms with Crippen molar-refractivity contribution in [1.29, 1.82) is 0 Å². The summed E-state index contributed by atoms with van der Waals surface area (Å²) in [7, 11) is 0. The van der Waals surface area contributed by atoms with E-state index in [4.69, 9.17) is 5.84 Å². The van der Waals surface area contributed by atoms with Crippen LogP contribution in [-0.2, 0) is 9.59 Å². The van der Waals surface area contributed by atoms with Crippen LogP contribution in [0.4, 0.5) is 0 Å². The maximum Gasteiger partial charge on any atom is 0.239 e. The van der Waals surface area contributed by atoms with Gasteiger partial charge in [0.05, 0.1) is 5.92 Å². The molecule has 0 spiro atoms. The van der Waals surface area contributed by atoms with Crippen molar-refractivity contribution in [2.24, 2.45) is 11.8 Å². The Balaban J connectivity index is 2.60. The van der Waals surface area contributed by atoms with Gasteiger partial charge in [-0.2, -0.15) is 0 Å². The van der Waals surface area contributed by atoms with E-state index in [2.05, 4.69) is 5.43 Å². The molecule has 3 N–H and O–H groups in total. The van der Waals surface area contributed by atoms with Gasteiger partial charge >= 0.3 is 0 Å². The van der Waals surface area contributed by atoms with Crippen molar-refractivity contribution < 1.29 is 9.59 Å². The van der Waals surface area contributed by atoms with Gasteiger partial charge in [0.1, 0.15) is 0 Å². The molecule has 1 rings (SSSR count). The van der Waals surface area contributed by atoms with E-state index in [0.717, 1.165) is 0 Å².